The molecule has 0 saturated carbocycles. The zero-order valence-electron chi connectivity index (χ0n) is 10.7. The van der Waals surface area contributed by atoms with Crippen molar-refractivity contribution in [3.8, 4) is 5.69 Å². The molecule has 0 aliphatic heterocycles. The Morgan fingerprint density at radius 2 is 2.30 bits per heavy atom. The molecule has 0 fully saturated rings. The Bertz CT molecular complexity index is 622. The van der Waals surface area contributed by atoms with Crippen molar-refractivity contribution in [1.82, 2.24) is 14.8 Å². The molecular weight excluding hydrogens is 282 g/mol. The number of rotatable bonds is 5. The van der Waals surface area contributed by atoms with E-state index in [1.807, 2.05) is 0 Å². The minimum atomic E-state index is -0.421. The second kappa shape index (κ2) is 6.29. The summed E-state index contributed by atoms with van der Waals surface area (Å²) in [5, 5.41) is 4.57. The number of hydrogen-bond donors (Lipinski definition) is 0. The molecule has 0 spiro atoms. The molecule has 0 aromatic carbocycles. The van der Waals surface area contributed by atoms with Crippen molar-refractivity contribution in [1.29, 1.82) is 0 Å². The minimum Gasteiger partial charge on any atom is -0.466 e. The number of carbonyl (C=O) groups excluding carboxylic acids is 2. The lowest BCUT2D eigenvalue weighted by molar-refractivity contribution is -0.142. The van der Waals surface area contributed by atoms with E-state index in [0.717, 1.165) is 0 Å². The summed E-state index contributed by atoms with van der Waals surface area (Å²) in [4.78, 5) is 26.4. The van der Waals surface area contributed by atoms with Gasteiger partial charge in [-0.3, -0.25) is 9.59 Å². The first-order chi connectivity index (χ1) is 9.63. The van der Waals surface area contributed by atoms with Gasteiger partial charge in [-0.05, 0) is 19.1 Å². The van der Waals surface area contributed by atoms with E-state index in [-0.39, 0.29) is 13.0 Å². The molecule has 0 amide bonds. The molecule has 20 heavy (non-hydrogen) atoms. The third kappa shape index (κ3) is 3.21. The monoisotopic (exact) mass is 293 g/mol. The van der Waals surface area contributed by atoms with E-state index in [1.54, 1.807) is 19.1 Å². The van der Waals surface area contributed by atoms with E-state index >= 15 is 0 Å². The Labute approximate surface area is 120 Å². The van der Waals surface area contributed by atoms with Crippen molar-refractivity contribution >= 4 is 23.9 Å². The summed E-state index contributed by atoms with van der Waals surface area (Å²) >= 11 is 5.71. The fraction of sp³-hybridized carbons (Fsp3) is 0.231. The first-order valence-electron chi connectivity index (χ1n) is 5.95. The second-order valence-electron chi connectivity index (χ2n) is 3.91. The normalized spacial score (nSPS) is 10.3. The Balaban J connectivity index is 2.28. The minimum absolute atomic E-state index is 0.0457. The zero-order valence-corrected chi connectivity index (χ0v) is 11.5. The lowest BCUT2D eigenvalue weighted by Gasteiger charge is -2.01. The molecule has 6 nitrogen and oxygen atoms in total. The lowest BCUT2D eigenvalue weighted by Crippen LogP contribution is -2.09. The molecule has 2 aromatic rings. The summed E-state index contributed by atoms with van der Waals surface area (Å²) in [5.74, 6) is -0.421. The van der Waals surface area contributed by atoms with E-state index in [4.69, 9.17) is 16.3 Å². The van der Waals surface area contributed by atoms with Gasteiger partial charge in [-0.1, -0.05) is 11.6 Å². The van der Waals surface area contributed by atoms with Crippen molar-refractivity contribution in [2.24, 2.45) is 0 Å². The smallest absolute Gasteiger partial charge is 0.311 e. The van der Waals surface area contributed by atoms with E-state index in [2.05, 4.69) is 10.1 Å². The van der Waals surface area contributed by atoms with Crippen molar-refractivity contribution in [3.05, 3.63) is 40.9 Å². The molecule has 2 aromatic heterocycles. The van der Waals surface area contributed by atoms with Crippen LogP contribution in [-0.4, -0.2) is 33.6 Å². The highest BCUT2D eigenvalue weighted by Gasteiger charge is 2.14. The van der Waals surface area contributed by atoms with Crippen molar-refractivity contribution in [2.75, 3.05) is 6.61 Å². The van der Waals surface area contributed by atoms with Gasteiger partial charge in [0, 0.05) is 6.20 Å². The van der Waals surface area contributed by atoms with Gasteiger partial charge >= 0.3 is 5.97 Å². The van der Waals surface area contributed by atoms with E-state index < -0.39 is 5.97 Å². The van der Waals surface area contributed by atoms with Crippen LogP contribution in [0.5, 0.6) is 0 Å². The number of halogens is 1. The molecule has 2 rings (SSSR count). The maximum absolute atomic E-state index is 11.5. The molecule has 7 heteroatoms. The SMILES string of the molecule is CCOC(=O)Cc1nn(-c2ccc(Cl)nc2)cc1C=O. The van der Waals surface area contributed by atoms with Crippen LogP contribution in [0, 0.1) is 0 Å². The molecule has 0 N–H and O–H groups in total. The van der Waals surface area contributed by atoms with Gasteiger partial charge in [0.1, 0.15) is 5.15 Å². The van der Waals surface area contributed by atoms with Gasteiger partial charge in [-0.25, -0.2) is 9.67 Å². The van der Waals surface area contributed by atoms with Crippen molar-refractivity contribution in [2.45, 2.75) is 13.3 Å². The first kappa shape index (κ1) is 14.2. The van der Waals surface area contributed by atoms with E-state index in [0.29, 0.717) is 28.4 Å². The van der Waals surface area contributed by atoms with Crippen LogP contribution in [0.1, 0.15) is 23.0 Å². The highest BCUT2D eigenvalue weighted by molar-refractivity contribution is 6.29. The molecule has 0 aliphatic carbocycles. The molecule has 104 valence electrons. The summed E-state index contributed by atoms with van der Waals surface area (Å²) in [6.07, 6.45) is 3.67. The number of aldehydes is 1. The largest absolute Gasteiger partial charge is 0.466 e. The molecule has 0 atom stereocenters. The molecule has 0 unspecified atom stereocenters. The number of carbonyl (C=O) groups is 2. The number of hydrogen-bond acceptors (Lipinski definition) is 5. The van der Waals surface area contributed by atoms with Crippen LogP contribution in [0.2, 0.25) is 5.15 Å². The highest BCUT2D eigenvalue weighted by Crippen LogP contribution is 2.13. The summed E-state index contributed by atoms with van der Waals surface area (Å²) in [7, 11) is 0. The van der Waals surface area contributed by atoms with Gasteiger partial charge in [-0.2, -0.15) is 5.10 Å². The number of pyridine rings is 1. The zero-order chi connectivity index (χ0) is 14.5. The maximum atomic E-state index is 11.5. The molecule has 0 aliphatic rings. The molecular formula is C13H12ClN3O3. The Morgan fingerprint density at radius 1 is 1.50 bits per heavy atom. The van der Waals surface area contributed by atoms with Crippen LogP contribution in [0.15, 0.2) is 24.5 Å². The van der Waals surface area contributed by atoms with Crippen LogP contribution in [0.3, 0.4) is 0 Å². The van der Waals surface area contributed by atoms with Gasteiger partial charge < -0.3 is 4.74 Å². The van der Waals surface area contributed by atoms with Crippen LogP contribution < -0.4 is 0 Å². The van der Waals surface area contributed by atoms with Crippen molar-refractivity contribution in [3.63, 3.8) is 0 Å². The van der Waals surface area contributed by atoms with Gasteiger partial charge in [0.15, 0.2) is 6.29 Å². The van der Waals surface area contributed by atoms with Gasteiger partial charge in [-0.15, -0.1) is 0 Å². The average molecular weight is 294 g/mol. The van der Waals surface area contributed by atoms with E-state index in [9.17, 15) is 9.59 Å². The summed E-state index contributed by atoms with van der Waals surface area (Å²) in [6, 6.07) is 3.33. The highest BCUT2D eigenvalue weighted by atomic mass is 35.5. The Morgan fingerprint density at radius 3 is 2.90 bits per heavy atom. The second-order valence-corrected chi connectivity index (χ2v) is 4.30. The van der Waals surface area contributed by atoms with Crippen LogP contribution >= 0.6 is 11.6 Å². The third-order valence-corrected chi connectivity index (χ3v) is 2.77. The Kier molecular flexibility index (Phi) is 4.47. The standard InChI is InChI=1S/C13H12ClN3O3/c1-2-20-13(19)5-11-9(8-18)7-17(16-11)10-3-4-12(14)15-6-10/h3-4,6-8H,2,5H2,1H3. The van der Waals surface area contributed by atoms with Crippen LogP contribution in [0.25, 0.3) is 5.69 Å². The lowest BCUT2D eigenvalue weighted by atomic mass is 10.2. The van der Waals surface area contributed by atoms with Gasteiger partial charge in [0.25, 0.3) is 0 Å². The Hall–Kier alpha value is -2.21. The predicted molar refractivity (Wildman–Crippen MR) is 72.1 cm³/mol. The third-order valence-electron chi connectivity index (χ3n) is 2.54. The number of esters is 1. The predicted octanol–water partition coefficient (Wildman–Crippen LogP) is 1.84. The number of aromatic nitrogens is 3. The first-order valence-corrected chi connectivity index (χ1v) is 6.33. The number of nitrogens with zero attached hydrogens (tertiary/aromatic N) is 3. The van der Waals surface area contributed by atoms with Gasteiger partial charge in [0.05, 0.1) is 36.2 Å². The maximum Gasteiger partial charge on any atom is 0.311 e. The fourth-order valence-corrected chi connectivity index (χ4v) is 1.76. The molecule has 0 saturated heterocycles. The summed E-state index contributed by atoms with van der Waals surface area (Å²) < 4.78 is 6.32. The molecule has 2 heterocycles. The van der Waals surface area contributed by atoms with Gasteiger partial charge in [0.2, 0.25) is 0 Å². The fourth-order valence-electron chi connectivity index (χ4n) is 1.64. The summed E-state index contributed by atoms with van der Waals surface area (Å²) in [5.41, 5.74) is 1.36. The average Bonchev–Trinajstić information content (AvgIpc) is 2.82. The number of ether oxygens (including phenoxy) is 1. The summed E-state index contributed by atoms with van der Waals surface area (Å²) in [6.45, 7) is 2.01. The molecule has 0 bridgehead atoms. The topological polar surface area (TPSA) is 74.1 Å². The quantitative estimate of drug-likeness (QED) is 0.478. The van der Waals surface area contributed by atoms with Crippen LogP contribution in [0.4, 0.5) is 0 Å². The van der Waals surface area contributed by atoms with Crippen LogP contribution in [-0.2, 0) is 16.0 Å². The van der Waals surface area contributed by atoms with Crippen molar-refractivity contribution < 1.29 is 14.3 Å². The van der Waals surface area contributed by atoms with E-state index in [1.165, 1.54) is 17.1 Å². The molecule has 0 radical (unpaired) electrons.